The molecule has 35 heavy (non-hydrogen) atoms. The van der Waals surface area contributed by atoms with Crippen LogP contribution in [0.2, 0.25) is 0 Å². The van der Waals surface area contributed by atoms with Crippen LogP contribution in [0, 0.1) is 18.8 Å². The summed E-state index contributed by atoms with van der Waals surface area (Å²) in [4.78, 5) is 6.91. The quantitative estimate of drug-likeness (QED) is 0.442. The first-order valence-corrected chi connectivity index (χ1v) is 12.4. The van der Waals surface area contributed by atoms with Gasteiger partial charge in [0.05, 0.1) is 11.7 Å². The normalized spacial score (nSPS) is 22.0. The fourth-order valence-electron chi connectivity index (χ4n) is 4.90. The van der Waals surface area contributed by atoms with Gasteiger partial charge in [0.1, 0.15) is 5.00 Å². The Bertz CT molecular complexity index is 1170. The topological polar surface area (TPSA) is 77.3 Å². The van der Waals surface area contributed by atoms with E-state index in [1.54, 1.807) is 10.7 Å². The van der Waals surface area contributed by atoms with Gasteiger partial charge in [-0.15, -0.1) is 18.3 Å². The molecule has 12 heteroatoms. The number of aromatic nitrogens is 4. The van der Waals surface area contributed by atoms with Gasteiger partial charge in [-0.1, -0.05) is 12.1 Å². The first-order valence-electron chi connectivity index (χ1n) is 11.6. The molecule has 3 aromatic rings. The van der Waals surface area contributed by atoms with Gasteiger partial charge >= 0.3 is 12.4 Å². The summed E-state index contributed by atoms with van der Waals surface area (Å²) in [5.74, 6) is 0.766. The molecular formula is C23H27F3N6O2S. The number of rotatable bonds is 7. The van der Waals surface area contributed by atoms with Crippen LogP contribution in [0.5, 0.6) is 17.5 Å². The van der Waals surface area contributed by atoms with Gasteiger partial charge < -0.3 is 19.7 Å². The maximum absolute atomic E-state index is 12.8. The minimum absolute atomic E-state index is 0.0843. The average Bonchev–Trinajstić information content (AvgIpc) is 3.45. The molecule has 8 nitrogen and oxygen atoms in total. The number of nitrogens with one attached hydrogen (secondary N) is 1. The monoisotopic (exact) mass is 508 g/mol. The molecule has 2 aromatic heterocycles. The molecular weight excluding hydrogens is 481 g/mol. The Hall–Kier alpha value is -3.02. The molecule has 1 saturated heterocycles. The summed E-state index contributed by atoms with van der Waals surface area (Å²) in [5.41, 5.74) is 1.04. The summed E-state index contributed by atoms with van der Waals surface area (Å²) in [5, 5.41) is 9.27. The van der Waals surface area contributed by atoms with E-state index in [9.17, 15) is 13.2 Å². The highest BCUT2D eigenvalue weighted by molar-refractivity contribution is 7.10. The molecule has 1 N–H and O–H groups in total. The predicted molar refractivity (Wildman–Crippen MR) is 126 cm³/mol. The Labute approximate surface area is 205 Å². The van der Waals surface area contributed by atoms with Crippen LogP contribution in [0.1, 0.15) is 38.4 Å². The molecule has 5 rings (SSSR count). The zero-order chi connectivity index (χ0) is 24.7. The van der Waals surface area contributed by atoms with E-state index in [0.29, 0.717) is 17.8 Å². The maximum atomic E-state index is 12.8. The molecule has 188 valence electrons. The van der Waals surface area contributed by atoms with Crippen LogP contribution in [0.15, 0.2) is 30.3 Å². The van der Waals surface area contributed by atoms with E-state index in [2.05, 4.69) is 35.5 Å². The number of nitrogens with zero attached hydrogens (tertiary/aromatic N) is 5. The fraction of sp³-hybridized carbons (Fsp3) is 0.522. The van der Waals surface area contributed by atoms with E-state index in [0.717, 1.165) is 31.6 Å². The number of halogens is 3. The number of aryl methyl sites for hydroxylation is 1. The SMILES string of the molecule is Cc1cc(N2C[C@H]3CC[C@@H](C2)[C@H]3Nc2nc(Oc3ccccc3OC(F)(F)F)n(C(C)C)n2)sn1. The molecule has 1 aliphatic carbocycles. The Kier molecular flexibility index (Phi) is 6.24. The molecule has 2 aliphatic rings. The van der Waals surface area contributed by atoms with Crippen LogP contribution in [0.4, 0.5) is 24.1 Å². The van der Waals surface area contributed by atoms with Crippen molar-refractivity contribution in [2.75, 3.05) is 23.3 Å². The summed E-state index contributed by atoms with van der Waals surface area (Å²) < 4.78 is 54.3. The third-order valence-corrected chi connectivity index (χ3v) is 7.36. The second-order valence-electron chi connectivity index (χ2n) is 9.33. The van der Waals surface area contributed by atoms with Crippen molar-refractivity contribution in [2.24, 2.45) is 11.8 Å². The lowest BCUT2D eigenvalue weighted by Gasteiger charge is -2.38. The molecule has 3 heterocycles. The van der Waals surface area contributed by atoms with Crippen LogP contribution >= 0.6 is 11.5 Å². The Morgan fingerprint density at radius 3 is 2.40 bits per heavy atom. The zero-order valence-electron chi connectivity index (χ0n) is 19.6. The molecule has 0 amide bonds. The predicted octanol–water partition coefficient (Wildman–Crippen LogP) is 5.64. The van der Waals surface area contributed by atoms with Gasteiger partial charge in [0.15, 0.2) is 11.5 Å². The number of fused-ring (bicyclic) bond motifs is 2. The van der Waals surface area contributed by atoms with Crippen molar-refractivity contribution in [3.05, 3.63) is 36.0 Å². The number of ether oxygens (including phenoxy) is 2. The number of hydrogen-bond acceptors (Lipinski definition) is 8. The third-order valence-electron chi connectivity index (χ3n) is 6.42. The molecule has 2 bridgehead atoms. The Morgan fingerprint density at radius 2 is 1.80 bits per heavy atom. The average molecular weight is 509 g/mol. The highest BCUT2D eigenvalue weighted by Gasteiger charge is 2.43. The minimum Gasteiger partial charge on any atom is -0.420 e. The molecule has 2 fully saturated rings. The molecule has 1 aromatic carbocycles. The summed E-state index contributed by atoms with van der Waals surface area (Å²) in [7, 11) is 0. The first-order chi connectivity index (χ1) is 16.7. The van der Waals surface area contributed by atoms with Gasteiger partial charge in [-0.3, -0.25) is 0 Å². The van der Waals surface area contributed by atoms with Crippen molar-refractivity contribution in [1.29, 1.82) is 0 Å². The van der Waals surface area contributed by atoms with E-state index in [1.807, 2.05) is 20.8 Å². The summed E-state index contributed by atoms with van der Waals surface area (Å²) >= 11 is 1.54. The van der Waals surface area contributed by atoms with Gasteiger partial charge in [0.2, 0.25) is 5.95 Å². The van der Waals surface area contributed by atoms with Crippen LogP contribution in [-0.2, 0) is 0 Å². The lowest BCUT2D eigenvalue weighted by Crippen LogP contribution is -2.48. The summed E-state index contributed by atoms with van der Waals surface area (Å²) in [6.07, 6.45) is -2.59. The van der Waals surface area contributed by atoms with Crippen molar-refractivity contribution >= 4 is 22.5 Å². The van der Waals surface area contributed by atoms with E-state index in [1.165, 1.54) is 34.7 Å². The van der Waals surface area contributed by atoms with Crippen LogP contribution in [-0.4, -0.2) is 44.6 Å². The van der Waals surface area contributed by atoms with E-state index < -0.39 is 12.1 Å². The highest BCUT2D eigenvalue weighted by atomic mass is 32.1. The van der Waals surface area contributed by atoms with Crippen molar-refractivity contribution in [2.45, 2.75) is 52.1 Å². The zero-order valence-corrected chi connectivity index (χ0v) is 20.4. The second kappa shape index (κ2) is 9.21. The Morgan fingerprint density at radius 1 is 1.11 bits per heavy atom. The first kappa shape index (κ1) is 23.7. The number of alkyl halides is 3. The van der Waals surface area contributed by atoms with Crippen molar-refractivity contribution in [1.82, 2.24) is 19.1 Å². The van der Waals surface area contributed by atoms with Gasteiger partial charge in [0, 0.05) is 19.1 Å². The minimum atomic E-state index is -4.83. The number of benzene rings is 1. The van der Waals surface area contributed by atoms with Crippen LogP contribution < -0.4 is 19.7 Å². The van der Waals surface area contributed by atoms with Gasteiger partial charge in [0.25, 0.3) is 0 Å². The molecule has 0 spiro atoms. The molecule has 0 radical (unpaired) electrons. The number of piperidine rings is 1. The van der Waals surface area contributed by atoms with E-state index in [-0.39, 0.29) is 23.8 Å². The molecule has 0 unspecified atom stereocenters. The van der Waals surface area contributed by atoms with E-state index in [4.69, 9.17) is 4.74 Å². The fourth-order valence-corrected chi connectivity index (χ4v) is 5.68. The number of hydrogen-bond donors (Lipinski definition) is 1. The molecule has 3 atom stereocenters. The Balaban J connectivity index is 1.33. The van der Waals surface area contributed by atoms with Crippen molar-refractivity contribution in [3.63, 3.8) is 0 Å². The van der Waals surface area contributed by atoms with Gasteiger partial charge in [-0.2, -0.15) is 9.36 Å². The summed E-state index contributed by atoms with van der Waals surface area (Å²) in [6, 6.07) is 7.97. The molecule has 1 aliphatic heterocycles. The number of anilines is 2. The van der Waals surface area contributed by atoms with Crippen LogP contribution in [0.3, 0.4) is 0 Å². The summed E-state index contributed by atoms with van der Waals surface area (Å²) in [6.45, 7) is 7.69. The maximum Gasteiger partial charge on any atom is 0.573 e. The van der Waals surface area contributed by atoms with Gasteiger partial charge in [-0.05, 0) is 75.2 Å². The second-order valence-corrected chi connectivity index (χ2v) is 10.1. The molecule has 1 saturated carbocycles. The lowest BCUT2D eigenvalue weighted by atomic mass is 9.92. The lowest BCUT2D eigenvalue weighted by molar-refractivity contribution is -0.275. The largest absolute Gasteiger partial charge is 0.573 e. The smallest absolute Gasteiger partial charge is 0.420 e. The van der Waals surface area contributed by atoms with Gasteiger partial charge in [-0.25, -0.2) is 4.68 Å². The third kappa shape index (κ3) is 5.16. The highest BCUT2D eigenvalue weighted by Crippen LogP contribution is 2.41. The standard InChI is InChI=1S/C23H27F3N6O2S/c1-13(2)32-22(33-17-6-4-5-7-18(17)34-23(24,25)26)28-21(29-32)27-20-15-8-9-16(20)12-31(11-15)19-10-14(3)30-35-19/h4-7,10,13,15-16,20H,8-9,11-12H2,1-3H3,(H,27,29)/t15-,16+,20+. The van der Waals surface area contributed by atoms with E-state index >= 15 is 0 Å². The van der Waals surface area contributed by atoms with Crippen LogP contribution in [0.25, 0.3) is 0 Å². The van der Waals surface area contributed by atoms with Crippen molar-refractivity contribution < 1.29 is 22.6 Å². The number of para-hydroxylation sites is 2. The van der Waals surface area contributed by atoms with Crippen molar-refractivity contribution in [3.8, 4) is 17.5 Å².